The zero-order valence-electron chi connectivity index (χ0n) is 15.7. The standard InChI is InChI=1S/C21H28N4O/c1-20-10-8-19(26)22-13-14(20)3-4-15-16-5-6-18(25-12-11-23-24-25)21(16,2)9-7-17(15)20/h5-6,11-12,14-15,17H,3-4,7-10,13H2,1-2H3,(H,22,26). The van der Waals surface area contributed by atoms with E-state index >= 15 is 0 Å². The van der Waals surface area contributed by atoms with E-state index in [2.05, 4.69) is 41.6 Å². The molecule has 1 aliphatic heterocycles. The monoisotopic (exact) mass is 352 g/mol. The molecular formula is C21H28N4O. The van der Waals surface area contributed by atoms with Gasteiger partial charge in [-0.1, -0.05) is 30.7 Å². The first-order chi connectivity index (χ1) is 12.5. The first-order valence-electron chi connectivity index (χ1n) is 10.1. The van der Waals surface area contributed by atoms with Crippen LogP contribution in [0.15, 0.2) is 30.1 Å². The van der Waals surface area contributed by atoms with Gasteiger partial charge in [0.2, 0.25) is 5.91 Å². The van der Waals surface area contributed by atoms with Crippen molar-refractivity contribution in [3.8, 4) is 0 Å². The molecule has 0 spiro atoms. The van der Waals surface area contributed by atoms with E-state index < -0.39 is 0 Å². The minimum absolute atomic E-state index is 0.0802. The summed E-state index contributed by atoms with van der Waals surface area (Å²) < 4.78 is 1.95. The minimum Gasteiger partial charge on any atom is -0.356 e. The van der Waals surface area contributed by atoms with Gasteiger partial charge in [0.05, 0.1) is 18.1 Å². The Hall–Kier alpha value is -1.91. The zero-order valence-corrected chi connectivity index (χ0v) is 15.7. The van der Waals surface area contributed by atoms with Gasteiger partial charge in [-0.3, -0.25) is 4.79 Å². The topological polar surface area (TPSA) is 59.8 Å². The third kappa shape index (κ3) is 2.12. The summed E-state index contributed by atoms with van der Waals surface area (Å²) in [5.74, 6) is 2.20. The van der Waals surface area contributed by atoms with Crippen LogP contribution in [0.5, 0.6) is 0 Å². The summed E-state index contributed by atoms with van der Waals surface area (Å²) in [6.07, 6.45) is 15.0. The number of hydrogen-bond donors (Lipinski definition) is 1. The summed E-state index contributed by atoms with van der Waals surface area (Å²) in [6, 6.07) is 0. The lowest BCUT2D eigenvalue weighted by atomic mass is 9.48. The molecule has 5 nitrogen and oxygen atoms in total. The molecule has 3 fully saturated rings. The van der Waals surface area contributed by atoms with Crippen LogP contribution in [-0.2, 0) is 4.79 Å². The average molecular weight is 352 g/mol. The predicted molar refractivity (Wildman–Crippen MR) is 99.8 cm³/mol. The Morgan fingerprint density at radius 1 is 1.19 bits per heavy atom. The fourth-order valence-electron chi connectivity index (χ4n) is 6.61. The molecule has 4 aliphatic rings. The number of amides is 1. The average Bonchev–Trinajstić information content (AvgIpc) is 3.22. The number of hydrogen-bond acceptors (Lipinski definition) is 3. The van der Waals surface area contributed by atoms with Crippen LogP contribution >= 0.6 is 0 Å². The van der Waals surface area contributed by atoms with E-state index in [4.69, 9.17) is 0 Å². The quantitative estimate of drug-likeness (QED) is 0.842. The molecule has 138 valence electrons. The molecule has 1 aromatic heterocycles. The van der Waals surface area contributed by atoms with Crippen LogP contribution in [0.1, 0.15) is 52.4 Å². The molecule has 5 atom stereocenters. The van der Waals surface area contributed by atoms with Crippen LogP contribution in [0.25, 0.3) is 5.70 Å². The number of rotatable bonds is 1. The van der Waals surface area contributed by atoms with Crippen molar-refractivity contribution in [2.24, 2.45) is 28.6 Å². The van der Waals surface area contributed by atoms with E-state index in [1.807, 2.05) is 10.9 Å². The molecule has 1 N–H and O–H groups in total. The summed E-state index contributed by atoms with van der Waals surface area (Å²) in [7, 11) is 0. The highest BCUT2D eigenvalue weighted by Gasteiger charge is 2.56. The Morgan fingerprint density at radius 3 is 2.88 bits per heavy atom. The van der Waals surface area contributed by atoms with Gasteiger partial charge in [-0.25, -0.2) is 4.68 Å². The van der Waals surface area contributed by atoms with E-state index in [0.29, 0.717) is 24.2 Å². The van der Waals surface area contributed by atoms with Crippen LogP contribution in [0, 0.1) is 28.6 Å². The summed E-state index contributed by atoms with van der Waals surface area (Å²) in [6.45, 7) is 5.73. The molecule has 5 rings (SSSR count). The molecule has 2 saturated carbocycles. The van der Waals surface area contributed by atoms with Gasteiger partial charge in [-0.2, -0.15) is 0 Å². The number of aromatic nitrogens is 3. The van der Waals surface area contributed by atoms with Crippen molar-refractivity contribution >= 4 is 11.6 Å². The van der Waals surface area contributed by atoms with Gasteiger partial charge < -0.3 is 5.32 Å². The van der Waals surface area contributed by atoms with Crippen LogP contribution in [0.2, 0.25) is 0 Å². The lowest BCUT2D eigenvalue weighted by Crippen LogP contribution is -2.50. The summed E-state index contributed by atoms with van der Waals surface area (Å²) >= 11 is 0. The van der Waals surface area contributed by atoms with E-state index in [-0.39, 0.29) is 16.7 Å². The maximum atomic E-state index is 12.0. The lowest BCUT2D eigenvalue weighted by Gasteiger charge is -2.56. The second-order valence-corrected chi connectivity index (χ2v) is 9.19. The summed E-state index contributed by atoms with van der Waals surface area (Å²) in [5, 5.41) is 11.4. The van der Waals surface area contributed by atoms with Crippen LogP contribution in [-0.4, -0.2) is 27.4 Å². The lowest BCUT2D eigenvalue weighted by molar-refractivity contribution is -0.121. The number of fused-ring (bicyclic) bond motifs is 5. The van der Waals surface area contributed by atoms with E-state index in [1.54, 1.807) is 11.8 Å². The van der Waals surface area contributed by atoms with Crippen LogP contribution in [0.4, 0.5) is 0 Å². The van der Waals surface area contributed by atoms with Crippen molar-refractivity contribution < 1.29 is 4.79 Å². The Bertz CT molecular complexity index is 795. The Balaban J connectivity index is 1.47. The SMILES string of the molecule is CC12CCC3C(CCC4CNC(=O)CCC43C)C1=CC=C2n1ccnn1. The van der Waals surface area contributed by atoms with Crippen molar-refractivity contribution in [1.29, 1.82) is 0 Å². The molecule has 2 heterocycles. The molecule has 26 heavy (non-hydrogen) atoms. The van der Waals surface area contributed by atoms with Gasteiger partial charge >= 0.3 is 0 Å². The molecule has 5 unspecified atom stereocenters. The molecule has 3 aliphatic carbocycles. The van der Waals surface area contributed by atoms with Crippen molar-refractivity contribution in [2.45, 2.75) is 52.4 Å². The highest BCUT2D eigenvalue weighted by atomic mass is 16.1. The number of allylic oxidation sites excluding steroid dienone is 4. The Labute approximate surface area is 154 Å². The molecular weight excluding hydrogens is 324 g/mol. The smallest absolute Gasteiger partial charge is 0.220 e. The van der Waals surface area contributed by atoms with E-state index in [9.17, 15) is 4.79 Å². The van der Waals surface area contributed by atoms with Gasteiger partial charge in [0.25, 0.3) is 0 Å². The number of nitrogens with one attached hydrogen (secondary N) is 1. The van der Waals surface area contributed by atoms with Gasteiger partial charge in [0.15, 0.2) is 0 Å². The molecule has 1 aromatic rings. The minimum atomic E-state index is 0.0802. The van der Waals surface area contributed by atoms with Gasteiger partial charge in [0, 0.05) is 18.4 Å². The van der Waals surface area contributed by atoms with E-state index in [0.717, 1.165) is 19.4 Å². The Kier molecular flexibility index (Phi) is 3.47. The zero-order chi connectivity index (χ0) is 17.9. The third-order valence-electron chi connectivity index (χ3n) is 8.18. The summed E-state index contributed by atoms with van der Waals surface area (Å²) in [4.78, 5) is 12.0. The normalized spacial score (nSPS) is 41.9. The first kappa shape index (κ1) is 16.3. The highest BCUT2D eigenvalue weighted by Crippen LogP contribution is 2.64. The van der Waals surface area contributed by atoms with Crippen molar-refractivity contribution in [2.75, 3.05) is 6.54 Å². The second kappa shape index (κ2) is 5.54. The van der Waals surface area contributed by atoms with Gasteiger partial charge in [0.1, 0.15) is 0 Å². The maximum absolute atomic E-state index is 12.0. The largest absolute Gasteiger partial charge is 0.356 e. The molecule has 1 amide bonds. The molecule has 0 bridgehead atoms. The number of nitrogens with zero attached hydrogens (tertiary/aromatic N) is 3. The third-order valence-corrected chi connectivity index (χ3v) is 8.18. The number of carbonyl (C=O) groups is 1. The highest BCUT2D eigenvalue weighted by molar-refractivity contribution is 5.76. The fourth-order valence-corrected chi connectivity index (χ4v) is 6.61. The van der Waals surface area contributed by atoms with Crippen molar-refractivity contribution in [3.63, 3.8) is 0 Å². The summed E-state index contributed by atoms with van der Waals surface area (Å²) in [5.41, 5.74) is 3.23. The number of carbonyl (C=O) groups excluding carboxylic acids is 1. The molecule has 5 heteroatoms. The van der Waals surface area contributed by atoms with Crippen LogP contribution in [0.3, 0.4) is 0 Å². The van der Waals surface area contributed by atoms with Crippen molar-refractivity contribution in [3.05, 3.63) is 30.1 Å². The van der Waals surface area contributed by atoms with Gasteiger partial charge in [-0.15, -0.1) is 5.10 Å². The second-order valence-electron chi connectivity index (χ2n) is 9.19. The predicted octanol–water partition coefficient (Wildman–Crippen LogP) is 3.42. The van der Waals surface area contributed by atoms with Gasteiger partial charge in [-0.05, 0) is 61.3 Å². The molecule has 0 radical (unpaired) electrons. The van der Waals surface area contributed by atoms with Crippen LogP contribution < -0.4 is 5.32 Å². The maximum Gasteiger partial charge on any atom is 0.220 e. The van der Waals surface area contributed by atoms with Crippen molar-refractivity contribution in [1.82, 2.24) is 20.3 Å². The fraction of sp³-hybridized carbons (Fsp3) is 0.667. The Morgan fingerprint density at radius 2 is 2.08 bits per heavy atom. The van der Waals surface area contributed by atoms with E-state index in [1.165, 1.54) is 25.0 Å². The molecule has 0 aromatic carbocycles. The first-order valence-corrected chi connectivity index (χ1v) is 10.1. The molecule has 1 saturated heterocycles.